The van der Waals surface area contributed by atoms with Gasteiger partial charge in [0.2, 0.25) is 17.7 Å². The van der Waals surface area contributed by atoms with Gasteiger partial charge in [-0.25, -0.2) is 9.98 Å². The van der Waals surface area contributed by atoms with Crippen LogP contribution in [0.2, 0.25) is 0 Å². The highest BCUT2D eigenvalue weighted by Crippen LogP contribution is 2.19. The van der Waals surface area contributed by atoms with Crippen LogP contribution in [0.1, 0.15) is 19.0 Å². The fraction of sp³-hybridized carbons (Fsp3) is 0.200. The standard InChI is InChI=1S/C20H19N5O4S/c1-12(26)22-13-4-6-14(7-5-13)23-17(27)9-8-15-11-30-20(24-15)25-19(29)16-3-2-10-21-18(16)28/h2-7,10-11,16H,8-9H2,1H3,(H,22,26)(H,23,27)(H,24,25,29). The van der Waals surface area contributed by atoms with Crippen molar-refractivity contribution in [3.63, 3.8) is 0 Å². The lowest BCUT2D eigenvalue weighted by atomic mass is 10.1. The number of benzene rings is 1. The van der Waals surface area contributed by atoms with Crippen LogP contribution in [0.15, 0.2) is 46.8 Å². The van der Waals surface area contributed by atoms with Crippen molar-refractivity contribution in [2.24, 2.45) is 10.9 Å². The fourth-order valence-corrected chi connectivity index (χ4v) is 3.35. The summed E-state index contributed by atoms with van der Waals surface area (Å²) in [5, 5.41) is 10.1. The van der Waals surface area contributed by atoms with Gasteiger partial charge in [0, 0.05) is 36.3 Å². The molecule has 10 heteroatoms. The molecule has 3 rings (SSSR count). The second-order valence-corrected chi connectivity index (χ2v) is 7.28. The molecule has 3 N–H and O–H groups in total. The van der Waals surface area contributed by atoms with Gasteiger partial charge in [-0.05, 0) is 36.8 Å². The summed E-state index contributed by atoms with van der Waals surface area (Å²) >= 11 is 1.22. The van der Waals surface area contributed by atoms with Crippen LogP contribution in [0.4, 0.5) is 16.5 Å². The van der Waals surface area contributed by atoms with Crippen LogP contribution >= 0.6 is 11.3 Å². The topological polar surface area (TPSA) is 130 Å². The first-order valence-corrected chi connectivity index (χ1v) is 9.96. The number of thiazole rings is 1. The Kier molecular flexibility index (Phi) is 6.81. The van der Waals surface area contributed by atoms with Gasteiger partial charge in [-0.3, -0.25) is 19.2 Å². The Morgan fingerprint density at radius 1 is 1.07 bits per heavy atom. The first-order chi connectivity index (χ1) is 14.4. The molecule has 1 aromatic heterocycles. The molecule has 0 aliphatic carbocycles. The van der Waals surface area contributed by atoms with Crippen LogP contribution in [0, 0.1) is 5.92 Å². The summed E-state index contributed by atoms with van der Waals surface area (Å²) in [6.45, 7) is 1.42. The number of hydrogen-bond acceptors (Lipinski definition) is 6. The zero-order valence-electron chi connectivity index (χ0n) is 16.0. The van der Waals surface area contributed by atoms with Crippen molar-refractivity contribution in [1.29, 1.82) is 0 Å². The van der Waals surface area contributed by atoms with E-state index in [0.717, 1.165) is 0 Å². The minimum Gasteiger partial charge on any atom is -0.326 e. The highest BCUT2D eigenvalue weighted by Gasteiger charge is 2.25. The first-order valence-electron chi connectivity index (χ1n) is 9.08. The molecule has 1 aliphatic rings. The smallest absolute Gasteiger partial charge is 0.262 e. The normalized spacial score (nSPS) is 15.0. The van der Waals surface area contributed by atoms with Crippen molar-refractivity contribution in [2.75, 3.05) is 16.0 Å². The molecule has 30 heavy (non-hydrogen) atoms. The van der Waals surface area contributed by atoms with Crippen molar-refractivity contribution in [3.05, 3.63) is 47.5 Å². The number of amides is 4. The number of rotatable bonds is 7. The number of nitrogens with zero attached hydrogens (tertiary/aromatic N) is 2. The lowest BCUT2D eigenvalue weighted by Crippen LogP contribution is -2.28. The number of hydrogen-bond donors (Lipinski definition) is 3. The van der Waals surface area contributed by atoms with E-state index in [2.05, 4.69) is 25.9 Å². The number of aliphatic imine (C=N–C) groups is 1. The van der Waals surface area contributed by atoms with E-state index in [1.54, 1.807) is 35.7 Å². The molecule has 9 nitrogen and oxygen atoms in total. The van der Waals surface area contributed by atoms with E-state index in [1.165, 1.54) is 30.6 Å². The molecule has 0 radical (unpaired) electrons. The van der Waals surface area contributed by atoms with Gasteiger partial charge >= 0.3 is 0 Å². The van der Waals surface area contributed by atoms with Crippen LogP contribution in [0.25, 0.3) is 0 Å². The predicted octanol–water partition coefficient (Wildman–Crippen LogP) is 2.39. The summed E-state index contributed by atoms with van der Waals surface area (Å²) in [6, 6.07) is 6.79. The van der Waals surface area contributed by atoms with Gasteiger partial charge in [0.1, 0.15) is 5.92 Å². The summed E-state index contributed by atoms with van der Waals surface area (Å²) in [5.74, 6) is -2.31. The highest BCUT2D eigenvalue weighted by atomic mass is 32.1. The first kappa shape index (κ1) is 21.1. The van der Waals surface area contributed by atoms with E-state index in [1.807, 2.05) is 0 Å². The van der Waals surface area contributed by atoms with E-state index in [-0.39, 0.29) is 18.2 Å². The summed E-state index contributed by atoms with van der Waals surface area (Å²) < 4.78 is 0. The van der Waals surface area contributed by atoms with Crippen LogP contribution in [0.5, 0.6) is 0 Å². The molecule has 0 spiro atoms. The molecule has 4 amide bonds. The van der Waals surface area contributed by atoms with Crippen LogP contribution in [-0.2, 0) is 25.6 Å². The number of carbonyl (C=O) groups is 4. The van der Waals surface area contributed by atoms with Gasteiger partial charge in [-0.15, -0.1) is 11.3 Å². The molecule has 154 valence electrons. The van der Waals surface area contributed by atoms with Crippen molar-refractivity contribution < 1.29 is 19.2 Å². The molecule has 1 aliphatic heterocycles. The highest BCUT2D eigenvalue weighted by molar-refractivity contribution is 7.13. The van der Waals surface area contributed by atoms with E-state index >= 15 is 0 Å². The molecular weight excluding hydrogens is 406 g/mol. The maximum absolute atomic E-state index is 12.2. The van der Waals surface area contributed by atoms with E-state index < -0.39 is 17.7 Å². The lowest BCUT2D eigenvalue weighted by Gasteiger charge is -2.09. The monoisotopic (exact) mass is 425 g/mol. The van der Waals surface area contributed by atoms with Crippen LogP contribution in [-0.4, -0.2) is 34.8 Å². The van der Waals surface area contributed by atoms with Gasteiger partial charge in [0.05, 0.1) is 5.69 Å². The number of aryl methyl sites for hydroxylation is 1. The average molecular weight is 425 g/mol. The van der Waals surface area contributed by atoms with E-state index in [9.17, 15) is 19.2 Å². The number of aromatic nitrogens is 1. The number of nitrogens with one attached hydrogen (secondary N) is 3. The number of dihydropyridines is 1. The second-order valence-electron chi connectivity index (χ2n) is 6.42. The van der Waals surface area contributed by atoms with Crippen LogP contribution in [0.3, 0.4) is 0 Å². The second kappa shape index (κ2) is 9.70. The molecular formula is C20H19N5O4S. The maximum Gasteiger partial charge on any atom is 0.262 e. The summed E-state index contributed by atoms with van der Waals surface area (Å²) in [7, 11) is 0. The Balaban J connectivity index is 1.46. The number of anilines is 3. The Labute approximate surface area is 176 Å². The fourth-order valence-electron chi connectivity index (χ4n) is 2.61. The quantitative estimate of drug-likeness (QED) is 0.587. The Morgan fingerprint density at radius 3 is 2.43 bits per heavy atom. The van der Waals surface area contributed by atoms with Gasteiger partial charge in [0.15, 0.2) is 5.13 Å². The molecule has 0 saturated heterocycles. The largest absolute Gasteiger partial charge is 0.326 e. The minimum absolute atomic E-state index is 0.166. The molecule has 1 aromatic carbocycles. The predicted molar refractivity (Wildman–Crippen MR) is 115 cm³/mol. The van der Waals surface area contributed by atoms with E-state index in [4.69, 9.17) is 0 Å². The molecule has 1 atom stereocenters. The van der Waals surface area contributed by atoms with Crippen molar-refractivity contribution in [2.45, 2.75) is 19.8 Å². The third-order valence-corrected chi connectivity index (χ3v) is 4.83. The van der Waals surface area contributed by atoms with Gasteiger partial charge in [0.25, 0.3) is 5.91 Å². The lowest BCUT2D eigenvalue weighted by molar-refractivity contribution is -0.128. The zero-order chi connectivity index (χ0) is 21.5. The minimum atomic E-state index is -0.954. The maximum atomic E-state index is 12.2. The molecule has 0 fully saturated rings. The van der Waals surface area contributed by atoms with Crippen molar-refractivity contribution in [3.8, 4) is 0 Å². The summed E-state index contributed by atoms with van der Waals surface area (Å²) in [4.78, 5) is 54.8. The SMILES string of the molecule is CC(=O)Nc1ccc(NC(=O)CCc2csc(NC(=O)C3C=CC=NC3=O)n2)cc1. The molecule has 2 aromatic rings. The molecule has 0 saturated carbocycles. The summed E-state index contributed by atoms with van der Waals surface area (Å²) in [5.41, 5.74) is 1.93. The van der Waals surface area contributed by atoms with E-state index in [0.29, 0.717) is 28.6 Å². The number of allylic oxidation sites excluding steroid dienone is 1. The Hall–Kier alpha value is -3.66. The molecule has 1 unspecified atom stereocenters. The molecule has 0 bridgehead atoms. The van der Waals surface area contributed by atoms with Gasteiger partial charge in [-0.1, -0.05) is 6.08 Å². The van der Waals surface area contributed by atoms with Crippen LogP contribution < -0.4 is 16.0 Å². The van der Waals surface area contributed by atoms with Crippen molar-refractivity contribution >= 4 is 57.7 Å². The summed E-state index contributed by atoms with van der Waals surface area (Å²) in [6.07, 6.45) is 4.98. The van der Waals surface area contributed by atoms with Crippen molar-refractivity contribution in [1.82, 2.24) is 4.98 Å². The van der Waals surface area contributed by atoms with Gasteiger partial charge < -0.3 is 16.0 Å². The zero-order valence-corrected chi connectivity index (χ0v) is 16.9. The average Bonchev–Trinajstić information content (AvgIpc) is 3.15. The third kappa shape index (κ3) is 5.92. The third-order valence-electron chi connectivity index (χ3n) is 4.02. The molecule has 2 heterocycles. The number of carbonyl (C=O) groups excluding carboxylic acids is 4. The Morgan fingerprint density at radius 2 is 1.77 bits per heavy atom. The Bertz CT molecular complexity index is 1030. The van der Waals surface area contributed by atoms with Gasteiger partial charge in [-0.2, -0.15) is 0 Å².